The molecular weight excluding hydrogens is 407 g/mol. The van der Waals surface area contributed by atoms with E-state index in [1.807, 2.05) is 18.2 Å². The Morgan fingerprint density at radius 2 is 1.94 bits per heavy atom. The number of rotatable bonds is 5. The van der Waals surface area contributed by atoms with Gasteiger partial charge in [-0.05, 0) is 67.0 Å². The SMILES string of the molecule is CC1CC2=C(CC(OCCF)CC2)c2ccc(Nc3ccc4c(c3)OCCO4)nc2C1C. The maximum Gasteiger partial charge on any atom is 0.163 e. The summed E-state index contributed by atoms with van der Waals surface area (Å²) in [6, 6.07) is 10.1. The van der Waals surface area contributed by atoms with Crippen LogP contribution in [0.5, 0.6) is 11.5 Å². The minimum absolute atomic E-state index is 0.0941. The number of hydrogen-bond donors (Lipinski definition) is 1. The highest BCUT2D eigenvalue weighted by Crippen LogP contribution is 2.45. The Hall–Kier alpha value is -2.60. The van der Waals surface area contributed by atoms with E-state index in [2.05, 4.69) is 31.3 Å². The summed E-state index contributed by atoms with van der Waals surface area (Å²) in [5, 5.41) is 3.44. The molecule has 0 radical (unpaired) electrons. The van der Waals surface area contributed by atoms with E-state index < -0.39 is 6.67 Å². The Labute approximate surface area is 189 Å². The summed E-state index contributed by atoms with van der Waals surface area (Å²) in [7, 11) is 0. The summed E-state index contributed by atoms with van der Waals surface area (Å²) in [5.41, 5.74) is 6.19. The van der Waals surface area contributed by atoms with Gasteiger partial charge in [0.1, 0.15) is 25.7 Å². The van der Waals surface area contributed by atoms with Crippen molar-refractivity contribution in [2.24, 2.45) is 5.92 Å². The average molecular weight is 439 g/mol. The molecule has 0 saturated heterocycles. The number of nitrogens with zero attached hydrogens (tertiary/aromatic N) is 1. The van der Waals surface area contributed by atoms with Gasteiger partial charge in [-0.2, -0.15) is 0 Å². The third kappa shape index (κ3) is 4.20. The molecule has 32 heavy (non-hydrogen) atoms. The molecule has 5 rings (SSSR count). The second-order valence-electron chi connectivity index (χ2n) is 9.09. The lowest BCUT2D eigenvalue weighted by Gasteiger charge is -2.27. The first-order chi connectivity index (χ1) is 15.6. The molecule has 0 amide bonds. The minimum atomic E-state index is -0.427. The number of pyridine rings is 1. The predicted octanol–water partition coefficient (Wildman–Crippen LogP) is 6.03. The fraction of sp³-hybridized carbons (Fsp3) is 0.500. The average Bonchev–Trinajstić information content (AvgIpc) is 2.92. The number of alkyl halides is 1. The van der Waals surface area contributed by atoms with Crippen LogP contribution in [0.4, 0.5) is 15.9 Å². The van der Waals surface area contributed by atoms with Gasteiger partial charge >= 0.3 is 0 Å². The lowest BCUT2D eigenvalue weighted by Crippen LogP contribution is -2.20. The van der Waals surface area contributed by atoms with Crippen LogP contribution in [-0.2, 0) is 4.74 Å². The van der Waals surface area contributed by atoms with Crippen LogP contribution >= 0.6 is 0 Å². The Morgan fingerprint density at radius 1 is 1.09 bits per heavy atom. The summed E-state index contributed by atoms with van der Waals surface area (Å²) < 4.78 is 29.7. The number of benzene rings is 1. The maximum atomic E-state index is 12.6. The van der Waals surface area contributed by atoms with Gasteiger partial charge in [0.15, 0.2) is 11.5 Å². The molecule has 6 heteroatoms. The van der Waals surface area contributed by atoms with Crippen molar-refractivity contribution in [1.29, 1.82) is 0 Å². The van der Waals surface area contributed by atoms with Crippen LogP contribution in [0.2, 0.25) is 0 Å². The van der Waals surface area contributed by atoms with E-state index in [1.165, 1.54) is 16.7 Å². The smallest absolute Gasteiger partial charge is 0.163 e. The highest BCUT2D eigenvalue weighted by Gasteiger charge is 2.31. The monoisotopic (exact) mass is 438 g/mol. The van der Waals surface area contributed by atoms with Crippen LogP contribution in [0.3, 0.4) is 0 Å². The van der Waals surface area contributed by atoms with Crippen molar-refractivity contribution in [2.75, 3.05) is 31.8 Å². The first-order valence-corrected chi connectivity index (χ1v) is 11.7. The fourth-order valence-electron chi connectivity index (χ4n) is 5.09. The lowest BCUT2D eigenvalue weighted by molar-refractivity contribution is 0.0398. The van der Waals surface area contributed by atoms with Crippen molar-refractivity contribution in [3.63, 3.8) is 0 Å². The number of halogens is 1. The number of aromatic nitrogens is 1. The van der Waals surface area contributed by atoms with Crippen molar-refractivity contribution in [1.82, 2.24) is 4.98 Å². The molecule has 2 heterocycles. The number of hydrogen-bond acceptors (Lipinski definition) is 5. The molecule has 170 valence electrons. The largest absolute Gasteiger partial charge is 0.486 e. The van der Waals surface area contributed by atoms with Gasteiger partial charge in [-0.25, -0.2) is 9.37 Å². The molecule has 2 aromatic rings. The zero-order valence-corrected chi connectivity index (χ0v) is 18.8. The van der Waals surface area contributed by atoms with Gasteiger partial charge in [-0.15, -0.1) is 0 Å². The molecule has 0 bridgehead atoms. The van der Waals surface area contributed by atoms with Crippen molar-refractivity contribution in [3.8, 4) is 11.5 Å². The number of nitrogens with one attached hydrogen (secondary N) is 1. The van der Waals surface area contributed by atoms with Crippen LogP contribution in [0.15, 0.2) is 35.9 Å². The third-order valence-corrected chi connectivity index (χ3v) is 6.98. The summed E-state index contributed by atoms with van der Waals surface area (Å²) in [6.07, 6.45) is 4.04. The number of allylic oxidation sites excluding steroid dienone is 1. The van der Waals surface area contributed by atoms with Gasteiger partial charge in [-0.1, -0.05) is 19.4 Å². The third-order valence-electron chi connectivity index (χ3n) is 6.98. The van der Waals surface area contributed by atoms with Gasteiger partial charge in [0, 0.05) is 17.7 Å². The van der Waals surface area contributed by atoms with E-state index in [9.17, 15) is 4.39 Å². The van der Waals surface area contributed by atoms with Gasteiger partial charge in [0.25, 0.3) is 0 Å². The summed E-state index contributed by atoms with van der Waals surface area (Å²) in [6.45, 7) is 5.50. The zero-order chi connectivity index (χ0) is 22.1. The molecule has 1 aromatic carbocycles. The van der Waals surface area contributed by atoms with E-state index in [1.54, 1.807) is 0 Å². The molecule has 2 aliphatic carbocycles. The summed E-state index contributed by atoms with van der Waals surface area (Å²) in [4.78, 5) is 5.07. The summed E-state index contributed by atoms with van der Waals surface area (Å²) >= 11 is 0. The van der Waals surface area contributed by atoms with E-state index in [-0.39, 0.29) is 12.7 Å². The maximum absolute atomic E-state index is 12.6. The molecule has 0 saturated carbocycles. The Kier molecular flexibility index (Phi) is 6.05. The normalized spacial score (nSPS) is 24.4. The minimum Gasteiger partial charge on any atom is -0.486 e. The quantitative estimate of drug-likeness (QED) is 0.618. The molecule has 3 unspecified atom stereocenters. The van der Waals surface area contributed by atoms with Gasteiger partial charge in [0.2, 0.25) is 0 Å². The van der Waals surface area contributed by atoms with E-state index in [0.29, 0.717) is 25.0 Å². The van der Waals surface area contributed by atoms with Crippen LogP contribution in [0, 0.1) is 5.92 Å². The molecular formula is C26H31FN2O3. The van der Waals surface area contributed by atoms with Crippen LogP contribution < -0.4 is 14.8 Å². The van der Waals surface area contributed by atoms with E-state index >= 15 is 0 Å². The Balaban J connectivity index is 1.44. The molecule has 1 aliphatic heterocycles. The molecule has 1 N–H and O–H groups in total. The Bertz CT molecular complexity index is 1020. The zero-order valence-electron chi connectivity index (χ0n) is 18.8. The molecule has 0 spiro atoms. The molecule has 3 atom stereocenters. The van der Waals surface area contributed by atoms with Crippen molar-refractivity contribution in [3.05, 3.63) is 47.2 Å². The second-order valence-corrected chi connectivity index (χ2v) is 9.09. The number of fused-ring (bicyclic) bond motifs is 3. The van der Waals surface area contributed by atoms with Gasteiger partial charge in [0.05, 0.1) is 18.4 Å². The van der Waals surface area contributed by atoms with Crippen LogP contribution in [0.25, 0.3) is 5.57 Å². The predicted molar refractivity (Wildman–Crippen MR) is 124 cm³/mol. The second kappa shape index (κ2) is 9.10. The standard InChI is InChI=1S/C26H31FN2O3/c1-16-13-18-3-5-20(30-10-9-27)15-22(18)21-6-8-25(29-26(21)17(16)2)28-19-4-7-23-24(14-19)32-12-11-31-23/h4,6-8,14,16-17,20H,3,5,9-13,15H2,1-2H3,(H,28,29). The fourth-order valence-corrected chi connectivity index (χ4v) is 5.09. The van der Waals surface area contributed by atoms with E-state index in [4.69, 9.17) is 19.2 Å². The molecule has 1 aromatic heterocycles. The lowest BCUT2D eigenvalue weighted by atomic mass is 9.84. The summed E-state index contributed by atoms with van der Waals surface area (Å²) in [5.74, 6) is 3.23. The molecule has 0 fully saturated rings. The highest BCUT2D eigenvalue weighted by molar-refractivity contribution is 5.74. The molecule has 3 aliphatic rings. The van der Waals surface area contributed by atoms with Crippen molar-refractivity contribution in [2.45, 2.75) is 51.6 Å². The van der Waals surface area contributed by atoms with Crippen molar-refractivity contribution < 1.29 is 18.6 Å². The van der Waals surface area contributed by atoms with E-state index in [0.717, 1.165) is 54.4 Å². The highest BCUT2D eigenvalue weighted by atomic mass is 19.1. The topological polar surface area (TPSA) is 52.6 Å². The molecule has 5 nitrogen and oxygen atoms in total. The first-order valence-electron chi connectivity index (χ1n) is 11.7. The van der Waals surface area contributed by atoms with Crippen LogP contribution in [-0.4, -0.2) is 37.6 Å². The van der Waals surface area contributed by atoms with Crippen LogP contribution in [0.1, 0.15) is 56.7 Å². The number of ether oxygens (including phenoxy) is 3. The van der Waals surface area contributed by atoms with Crippen molar-refractivity contribution >= 4 is 17.1 Å². The van der Waals surface area contributed by atoms with Gasteiger partial charge < -0.3 is 19.5 Å². The first kappa shape index (κ1) is 21.3. The Morgan fingerprint density at radius 3 is 2.78 bits per heavy atom. The number of anilines is 2. The van der Waals surface area contributed by atoms with Gasteiger partial charge in [-0.3, -0.25) is 0 Å².